The van der Waals surface area contributed by atoms with Crippen molar-refractivity contribution in [3.8, 4) is 0 Å². The highest BCUT2D eigenvalue weighted by Gasteiger charge is 2.23. The molecule has 1 aromatic rings. The van der Waals surface area contributed by atoms with Crippen LogP contribution in [-0.2, 0) is 25.5 Å². The molecule has 0 N–H and O–H groups in total. The number of allylic oxidation sites excluding steroid dienone is 1. The van der Waals surface area contributed by atoms with Gasteiger partial charge in [0.2, 0.25) is 10.7 Å². The zero-order valence-corrected chi connectivity index (χ0v) is 11.3. The Balaban J connectivity index is 2.95. The molecule has 5 heteroatoms. The van der Waals surface area contributed by atoms with E-state index in [2.05, 4.69) is 6.58 Å². The van der Waals surface area contributed by atoms with Crippen molar-refractivity contribution in [1.82, 2.24) is 0 Å². The first kappa shape index (κ1) is 15.2. The van der Waals surface area contributed by atoms with Gasteiger partial charge in [0.25, 0.3) is 0 Å². The third kappa shape index (κ3) is 4.73. The Hall–Kier alpha value is -1.85. The number of esters is 1. The van der Waals surface area contributed by atoms with E-state index in [0.717, 1.165) is 6.08 Å². The molecule has 0 aromatic heterocycles. The van der Waals surface area contributed by atoms with Crippen molar-refractivity contribution in [3.63, 3.8) is 0 Å². The molecule has 0 bridgehead atoms. The minimum absolute atomic E-state index is 0.0402. The fraction of sp³-hybridized carbons (Fsp3) is 0.143. The highest BCUT2D eigenvalue weighted by Crippen LogP contribution is 2.19. The molecular weight excluding hydrogens is 264 g/mol. The van der Waals surface area contributed by atoms with Crippen molar-refractivity contribution in [2.24, 2.45) is 0 Å². The Kier molecular flexibility index (Phi) is 6.05. The zero-order chi connectivity index (χ0) is 14.3. The molecule has 100 valence electrons. The van der Waals surface area contributed by atoms with Crippen molar-refractivity contribution in [2.45, 2.75) is 11.8 Å². The number of Topliss-reactive ketones (excluding diaryl/α,β-unsaturated/α-hetero) is 1. The summed E-state index contributed by atoms with van der Waals surface area (Å²) in [5, 5.41) is 0. The normalized spacial score (nSPS) is 12.6. The fourth-order valence-corrected chi connectivity index (χ4v) is 2.37. The smallest absolute Gasteiger partial charge is 0.336 e. The topological polar surface area (TPSA) is 66.4 Å². The molecule has 0 spiro atoms. The number of ketones is 1. The Morgan fingerprint density at radius 2 is 2.00 bits per heavy atom. The number of carbonyl (C=O) groups is 2. The molecule has 0 saturated heterocycles. The van der Waals surface area contributed by atoms with E-state index in [1.54, 1.807) is 30.3 Å². The SMILES string of the molecule is C=CCOC(=O)C=C(C(C)=O)[S+]([O-])c1ccccc1. The van der Waals surface area contributed by atoms with Crippen LogP contribution in [0.2, 0.25) is 0 Å². The van der Waals surface area contributed by atoms with Crippen LogP contribution in [0.4, 0.5) is 0 Å². The van der Waals surface area contributed by atoms with E-state index in [1.165, 1.54) is 13.0 Å². The molecule has 19 heavy (non-hydrogen) atoms. The average molecular weight is 278 g/mol. The third-order valence-corrected chi connectivity index (χ3v) is 3.60. The lowest BCUT2D eigenvalue weighted by molar-refractivity contribution is -0.136. The van der Waals surface area contributed by atoms with E-state index >= 15 is 0 Å². The Morgan fingerprint density at radius 1 is 1.37 bits per heavy atom. The molecule has 1 rings (SSSR count). The molecule has 0 radical (unpaired) electrons. The Morgan fingerprint density at radius 3 is 2.53 bits per heavy atom. The molecule has 0 aliphatic heterocycles. The predicted octanol–water partition coefficient (Wildman–Crippen LogP) is 2.00. The minimum atomic E-state index is -1.69. The van der Waals surface area contributed by atoms with Crippen molar-refractivity contribution in [3.05, 3.63) is 54.0 Å². The van der Waals surface area contributed by atoms with Gasteiger partial charge in [0.15, 0.2) is 4.90 Å². The van der Waals surface area contributed by atoms with E-state index in [1.807, 2.05) is 0 Å². The Labute approximate surface area is 115 Å². The van der Waals surface area contributed by atoms with Gasteiger partial charge in [-0.3, -0.25) is 4.79 Å². The summed E-state index contributed by atoms with van der Waals surface area (Å²) in [5.74, 6) is -1.15. The number of hydrogen-bond acceptors (Lipinski definition) is 4. The quantitative estimate of drug-likeness (QED) is 0.345. The lowest BCUT2D eigenvalue weighted by Gasteiger charge is -2.10. The number of hydrogen-bond donors (Lipinski definition) is 0. The number of benzene rings is 1. The molecule has 1 atom stereocenters. The highest BCUT2D eigenvalue weighted by molar-refractivity contribution is 7.96. The lowest BCUT2D eigenvalue weighted by Crippen LogP contribution is -2.14. The van der Waals surface area contributed by atoms with Crippen LogP contribution in [0, 0.1) is 0 Å². The van der Waals surface area contributed by atoms with Crippen molar-refractivity contribution in [2.75, 3.05) is 6.61 Å². The molecule has 0 aliphatic rings. The second-order valence-electron chi connectivity index (χ2n) is 3.57. The van der Waals surface area contributed by atoms with Gasteiger partial charge in [-0.25, -0.2) is 4.79 Å². The summed E-state index contributed by atoms with van der Waals surface area (Å²) in [6.45, 7) is 4.70. The first-order valence-electron chi connectivity index (χ1n) is 5.53. The summed E-state index contributed by atoms with van der Waals surface area (Å²) >= 11 is -1.69. The summed E-state index contributed by atoms with van der Waals surface area (Å²) in [7, 11) is 0. The second kappa shape index (κ2) is 7.56. The molecular formula is C14H14O4S. The molecule has 0 heterocycles. The van der Waals surface area contributed by atoms with Crippen LogP contribution in [0.5, 0.6) is 0 Å². The second-order valence-corrected chi connectivity index (χ2v) is 5.01. The van der Waals surface area contributed by atoms with E-state index in [9.17, 15) is 14.1 Å². The maximum Gasteiger partial charge on any atom is 0.336 e. The van der Waals surface area contributed by atoms with Crippen molar-refractivity contribution < 1.29 is 18.9 Å². The van der Waals surface area contributed by atoms with Crippen LogP contribution in [-0.4, -0.2) is 22.9 Å². The highest BCUT2D eigenvalue weighted by atomic mass is 32.2. The van der Waals surface area contributed by atoms with E-state index in [-0.39, 0.29) is 11.5 Å². The van der Waals surface area contributed by atoms with Crippen LogP contribution in [0.25, 0.3) is 0 Å². The molecule has 0 fully saturated rings. The van der Waals surface area contributed by atoms with Crippen LogP contribution >= 0.6 is 0 Å². The van der Waals surface area contributed by atoms with E-state index in [4.69, 9.17) is 4.74 Å². The van der Waals surface area contributed by atoms with Crippen molar-refractivity contribution >= 4 is 22.9 Å². The molecule has 0 amide bonds. The van der Waals surface area contributed by atoms with Gasteiger partial charge in [0.05, 0.1) is 6.08 Å². The monoisotopic (exact) mass is 278 g/mol. The van der Waals surface area contributed by atoms with Crippen LogP contribution in [0.3, 0.4) is 0 Å². The molecule has 0 saturated carbocycles. The average Bonchev–Trinajstić information content (AvgIpc) is 2.42. The van der Waals surface area contributed by atoms with Gasteiger partial charge in [-0.15, -0.1) is 0 Å². The summed E-state index contributed by atoms with van der Waals surface area (Å²) in [6.07, 6.45) is 2.38. The van der Waals surface area contributed by atoms with Crippen LogP contribution < -0.4 is 0 Å². The minimum Gasteiger partial charge on any atom is -0.606 e. The van der Waals surface area contributed by atoms with Gasteiger partial charge in [0.1, 0.15) is 6.61 Å². The van der Waals surface area contributed by atoms with Gasteiger partial charge in [-0.05, 0) is 12.1 Å². The van der Waals surface area contributed by atoms with Crippen LogP contribution in [0.1, 0.15) is 6.92 Å². The molecule has 0 aliphatic carbocycles. The number of ether oxygens (including phenoxy) is 1. The van der Waals surface area contributed by atoms with Crippen LogP contribution in [0.15, 0.2) is 58.9 Å². The van der Waals surface area contributed by atoms with Gasteiger partial charge >= 0.3 is 5.97 Å². The summed E-state index contributed by atoms with van der Waals surface area (Å²) in [4.78, 5) is 23.3. The predicted molar refractivity (Wildman–Crippen MR) is 72.8 cm³/mol. The van der Waals surface area contributed by atoms with Crippen molar-refractivity contribution in [1.29, 1.82) is 0 Å². The van der Waals surface area contributed by atoms with Gasteiger partial charge in [0, 0.05) is 18.1 Å². The van der Waals surface area contributed by atoms with E-state index < -0.39 is 22.9 Å². The Bertz CT molecular complexity index is 493. The number of carbonyl (C=O) groups excluding carboxylic acids is 2. The molecule has 1 aromatic carbocycles. The maximum absolute atomic E-state index is 12.2. The number of rotatable bonds is 6. The van der Waals surface area contributed by atoms with Gasteiger partial charge in [-0.2, -0.15) is 0 Å². The molecule has 4 nitrogen and oxygen atoms in total. The maximum atomic E-state index is 12.2. The summed E-state index contributed by atoms with van der Waals surface area (Å²) < 4.78 is 16.9. The summed E-state index contributed by atoms with van der Waals surface area (Å²) in [5.41, 5.74) is 0. The lowest BCUT2D eigenvalue weighted by atomic mass is 10.4. The zero-order valence-electron chi connectivity index (χ0n) is 10.5. The largest absolute Gasteiger partial charge is 0.606 e. The van der Waals surface area contributed by atoms with Gasteiger partial charge in [-0.1, -0.05) is 30.9 Å². The third-order valence-electron chi connectivity index (χ3n) is 2.10. The standard InChI is InChI=1S/C14H14O4S/c1-3-9-18-14(16)10-13(11(2)15)19(17)12-7-5-4-6-8-12/h3-8,10H,1,9H2,2H3. The first-order chi connectivity index (χ1) is 9.06. The van der Waals surface area contributed by atoms with Gasteiger partial charge < -0.3 is 9.29 Å². The fourth-order valence-electron chi connectivity index (χ4n) is 1.25. The van der Waals surface area contributed by atoms with E-state index in [0.29, 0.717) is 4.90 Å². The summed E-state index contributed by atoms with van der Waals surface area (Å²) in [6, 6.07) is 8.45. The molecule has 1 unspecified atom stereocenters. The first-order valence-corrected chi connectivity index (χ1v) is 6.68.